The van der Waals surface area contributed by atoms with Gasteiger partial charge in [-0.05, 0) is 118 Å². The van der Waals surface area contributed by atoms with Gasteiger partial charge in [-0.1, -0.05) is 164 Å². The van der Waals surface area contributed by atoms with Crippen molar-refractivity contribution in [2.75, 3.05) is 4.90 Å². The molecule has 0 saturated carbocycles. The van der Waals surface area contributed by atoms with E-state index in [-0.39, 0.29) is 0 Å². The van der Waals surface area contributed by atoms with Crippen LogP contribution in [-0.4, -0.2) is 4.57 Å². The number of hydrogen-bond acceptors (Lipinski definition) is 2. The van der Waals surface area contributed by atoms with Crippen LogP contribution in [0.3, 0.4) is 0 Å². The van der Waals surface area contributed by atoms with Crippen LogP contribution in [0.15, 0.2) is 247 Å². The van der Waals surface area contributed by atoms with Gasteiger partial charge in [-0.15, -0.1) is 0 Å². The monoisotopic (exact) mass is 804 g/mol. The van der Waals surface area contributed by atoms with Crippen molar-refractivity contribution in [1.82, 2.24) is 4.57 Å². The molecule has 0 amide bonds. The number of anilines is 3. The van der Waals surface area contributed by atoms with Crippen LogP contribution < -0.4 is 4.90 Å². The summed E-state index contributed by atoms with van der Waals surface area (Å²) in [7, 11) is 0. The fourth-order valence-corrected chi connectivity index (χ4v) is 9.35. The van der Waals surface area contributed by atoms with E-state index in [0.717, 1.165) is 61.4 Å². The van der Waals surface area contributed by atoms with E-state index in [1.165, 1.54) is 49.6 Å². The summed E-state index contributed by atoms with van der Waals surface area (Å²) in [6.07, 6.45) is 0. The third kappa shape index (κ3) is 6.46. The van der Waals surface area contributed by atoms with E-state index >= 15 is 0 Å². The van der Waals surface area contributed by atoms with Gasteiger partial charge in [0.25, 0.3) is 0 Å². The second-order valence-corrected chi connectivity index (χ2v) is 16.1. The lowest BCUT2D eigenvalue weighted by Crippen LogP contribution is -2.11. The van der Waals surface area contributed by atoms with Gasteiger partial charge in [0, 0.05) is 44.2 Å². The highest BCUT2D eigenvalue weighted by Gasteiger charge is 2.19. The molecule has 12 rings (SSSR count). The zero-order valence-electron chi connectivity index (χ0n) is 34.4. The molecule has 0 spiro atoms. The molecule has 0 bridgehead atoms. The Labute approximate surface area is 366 Å². The van der Waals surface area contributed by atoms with Gasteiger partial charge in [0.2, 0.25) is 0 Å². The maximum atomic E-state index is 6.37. The highest BCUT2D eigenvalue weighted by atomic mass is 16.3. The summed E-state index contributed by atoms with van der Waals surface area (Å²) in [5.41, 5.74) is 17.9. The van der Waals surface area contributed by atoms with Crippen LogP contribution in [0.4, 0.5) is 17.1 Å². The standard InChI is InChI=1S/C60H40N2O/c1-2-13-41(14-3-1)42-25-32-48(33-26-42)61(56-21-8-4-17-51(56)47-31-38-55-54-20-7-11-24-59(54)63-60(55)40-47)49-34-27-43(28-35-49)45-15-12-16-46(39-45)44-29-36-50(37-30-44)62-57-22-9-5-18-52(57)53-19-6-10-23-58(53)62/h1-40H. The van der Waals surface area contributed by atoms with Crippen LogP contribution in [0.2, 0.25) is 0 Å². The van der Waals surface area contributed by atoms with Crippen molar-refractivity contribution in [3.05, 3.63) is 243 Å². The summed E-state index contributed by atoms with van der Waals surface area (Å²) < 4.78 is 8.73. The summed E-state index contributed by atoms with van der Waals surface area (Å²) in [4.78, 5) is 2.37. The predicted octanol–water partition coefficient (Wildman–Crippen LogP) is 16.8. The number of furan rings is 1. The SMILES string of the molecule is c1ccc(-c2ccc(N(c3ccc(-c4cccc(-c5ccc(-n6c7ccccc7c7ccccc76)cc5)c4)cc3)c3ccccc3-c3ccc4c(c3)oc3ccccc34)cc2)cc1. The van der Waals surface area contributed by atoms with Crippen LogP contribution in [0.5, 0.6) is 0 Å². The molecule has 0 aliphatic carbocycles. The molecule has 0 saturated heterocycles. The molecule has 0 aliphatic rings. The Hall–Kier alpha value is -8.40. The fourth-order valence-electron chi connectivity index (χ4n) is 9.35. The topological polar surface area (TPSA) is 21.3 Å². The van der Waals surface area contributed by atoms with Crippen LogP contribution >= 0.6 is 0 Å². The minimum atomic E-state index is 0.882. The Morgan fingerprint density at radius 2 is 0.778 bits per heavy atom. The average molecular weight is 805 g/mol. The smallest absolute Gasteiger partial charge is 0.136 e. The Morgan fingerprint density at radius 3 is 1.44 bits per heavy atom. The summed E-state index contributed by atoms with van der Waals surface area (Å²) in [6.45, 7) is 0. The first-order valence-corrected chi connectivity index (χ1v) is 21.5. The van der Waals surface area contributed by atoms with E-state index < -0.39 is 0 Å². The fraction of sp³-hybridized carbons (Fsp3) is 0. The first kappa shape index (κ1) is 36.5. The van der Waals surface area contributed by atoms with Gasteiger partial charge >= 0.3 is 0 Å². The molecule has 0 aliphatic heterocycles. The summed E-state index contributed by atoms with van der Waals surface area (Å²) >= 11 is 0. The maximum absolute atomic E-state index is 6.37. The second-order valence-electron chi connectivity index (χ2n) is 16.1. The summed E-state index contributed by atoms with van der Waals surface area (Å²) in [5.74, 6) is 0. The Morgan fingerprint density at radius 1 is 0.302 bits per heavy atom. The van der Waals surface area contributed by atoms with E-state index in [9.17, 15) is 0 Å². The molecular formula is C60H40N2O. The first-order valence-electron chi connectivity index (χ1n) is 21.5. The van der Waals surface area contributed by atoms with Gasteiger partial charge in [-0.25, -0.2) is 0 Å². The highest BCUT2D eigenvalue weighted by Crippen LogP contribution is 2.43. The van der Waals surface area contributed by atoms with E-state index in [1.54, 1.807) is 0 Å². The van der Waals surface area contributed by atoms with Crippen molar-refractivity contribution in [3.63, 3.8) is 0 Å². The molecule has 2 heterocycles. The van der Waals surface area contributed by atoms with Crippen molar-refractivity contribution in [1.29, 1.82) is 0 Å². The van der Waals surface area contributed by atoms with E-state index in [1.807, 2.05) is 12.1 Å². The van der Waals surface area contributed by atoms with Crippen molar-refractivity contribution in [2.24, 2.45) is 0 Å². The number of rotatable bonds is 8. The van der Waals surface area contributed by atoms with E-state index in [2.05, 4.69) is 240 Å². The number of para-hydroxylation sites is 4. The molecule has 296 valence electrons. The van der Waals surface area contributed by atoms with Crippen LogP contribution in [-0.2, 0) is 0 Å². The van der Waals surface area contributed by atoms with Crippen molar-refractivity contribution in [3.8, 4) is 50.2 Å². The number of hydrogen-bond donors (Lipinski definition) is 0. The van der Waals surface area contributed by atoms with Gasteiger partial charge in [0.1, 0.15) is 11.2 Å². The molecule has 0 fully saturated rings. The minimum Gasteiger partial charge on any atom is -0.456 e. The Bertz CT molecular complexity index is 3550. The van der Waals surface area contributed by atoms with Gasteiger partial charge < -0.3 is 13.9 Å². The van der Waals surface area contributed by atoms with Gasteiger partial charge in [-0.2, -0.15) is 0 Å². The summed E-state index contributed by atoms with van der Waals surface area (Å²) in [6, 6.07) is 87.1. The number of fused-ring (bicyclic) bond motifs is 6. The quantitative estimate of drug-likeness (QED) is 0.153. The molecule has 0 atom stereocenters. The second kappa shape index (κ2) is 15.3. The molecule has 0 radical (unpaired) electrons. The zero-order chi connectivity index (χ0) is 41.7. The molecule has 63 heavy (non-hydrogen) atoms. The lowest BCUT2D eigenvalue weighted by atomic mass is 9.98. The van der Waals surface area contributed by atoms with Gasteiger partial charge in [0.15, 0.2) is 0 Å². The third-order valence-corrected chi connectivity index (χ3v) is 12.4. The van der Waals surface area contributed by atoms with E-state index in [4.69, 9.17) is 4.42 Å². The zero-order valence-corrected chi connectivity index (χ0v) is 34.4. The lowest BCUT2D eigenvalue weighted by molar-refractivity contribution is 0.669. The van der Waals surface area contributed by atoms with Gasteiger partial charge in [-0.3, -0.25) is 0 Å². The number of nitrogens with zero attached hydrogens (tertiary/aromatic N) is 2. The maximum Gasteiger partial charge on any atom is 0.136 e. The normalized spacial score (nSPS) is 11.5. The minimum absolute atomic E-state index is 0.882. The third-order valence-electron chi connectivity index (χ3n) is 12.4. The van der Waals surface area contributed by atoms with Crippen LogP contribution in [0.25, 0.3) is 93.9 Å². The number of benzene rings is 10. The van der Waals surface area contributed by atoms with Crippen molar-refractivity contribution >= 4 is 60.8 Å². The molecule has 12 aromatic rings. The predicted molar refractivity (Wildman–Crippen MR) is 264 cm³/mol. The average Bonchev–Trinajstić information content (AvgIpc) is 3.91. The number of aromatic nitrogens is 1. The molecule has 10 aromatic carbocycles. The first-order chi connectivity index (χ1) is 31.2. The van der Waals surface area contributed by atoms with Crippen LogP contribution in [0.1, 0.15) is 0 Å². The van der Waals surface area contributed by atoms with Crippen LogP contribution in [0, 0.1) is 0 Å². The van der Waals surface area contributed by atoms with Crippen molar-refractivity contribution < 1.29 is 4.42 Å². The van der Waals surface area contributed by atoms with E-state index in [0.29, 0.717) is 0 Å². The Kier molecular flexibility index (Phi) is 8.83. The van der Waals surface area contributed by atoms with Gasteiger partial charge in [0.05, 0.1) is 16.7 Å². The molecule has 3 heteroatoms. The van der Waals surface area contributed by atoms with Crippen molar-refractivity contribution in [2.45, 2.75) is 0 Å². The highest BCUT2D eigenvalue weighted by molar-refractivity contribution is 6.09. The summed E-state index contributed by atoms with van der Waals surface area (Å²) in [5, 5.41) is 4.79. The molecule has 0 N–H and O–H groups in total. The molecule has 0 unspecified atom stereocenters. The lowest BCUT2D eigenvalue weighted by Gasteiger charge is -2.28. The molecule has 2 aromatic heterocycles. The molecular weight excluding hydrogens is 765 g/mol. The molecule has 3 nitrogen and oxygen atoms in total. The largest absolute Gasteiger partial charge is 0.456 e. The Balaban J connectivity index is 0.900.